The predicted molar refractivity (Wildman–Crippen MR) is 166 cm³/mol. The van der Waals surface area contributed by atoms with E-state index in [-0.39, 0.29) is 5.82 Å². The number of piperazine rings is 1. The van der Waals surface area contributed by atoms with Crippen LogP contribution < -0.4 is 16.0 Å². The molecule has 216 valence electrons. The molecule has 6 nitrogen and oxygen atoms in total. The first-order valence-electron chi connectivity index (χ1n) is 15.8. The van der Waals surface area contributed by atoms with E-state index in [1.807, 2.05) is 6.07 Å². The summed E-state index contributed by atoms with van der Waals surface area (Å²) in [5.41, 5.74) is 11.5. The number of nitrogens with two attached hydrogens (primary N) is 1. The lowest BCUT2D eigenvalue weighted by atomic mass is 9.88. The van der Waals surface area contributed by atoms with Crippen LogP contribution in [0.3, 0.4) is 0 Å². The third-order valence-electron chi connectivity index (χ3n) is 9.76. The van der Waals surface area contributed by atoms with Crippen molar-refractivity contribution in [1.82, 2.24) is 20.2 Å². The lowest BCUT2D eigenvalue weighted by Crippen LogP contribution is -2.51. The quantitative estimate of drug-likeness (QED) is 0.389. The highest BCUT2D eigenvalue weighted by molar-refractivity contribution is 5.94. The van der Waals surface area contributed by atoms with E-state index in [0.717, 1.165) is 93.0 Å². The molecule has 3 atom stereocenters. The minimum Gasteiger partial charge on any atom is -0.353 e. The van der Waals surface area contributed by atoms with Crippen LogP contribution in [-0.4, -0.2) is 65.7 Å². The van der Waals surface area contributed by atoms with Crippen molar-refractivity contribution in [2.24, 2.45) is 5.73 Å². The summed E-state index contributed by atoms with van der Waals surface area (Å²) in [5.74, 6) is 1.46. The van der Waals surface area contributed by atoms with E-state index in [9.17, 15) is 0 Å². The van der Waals surface area contributed by atoms with E-state index in [4.69, 9.17) is 15.7 Å². The zero-order valence-electron chi connectivity index (χ0n) is 24.3. The maximum atomic E-state index is 16.7. The number of aromatic nitrogens is 2. The lowest BCUT2D eigenvalue weighted by molar-refractivity contribution is 0.241. The third-order valence-corrected chi connectivity index (χ3v) is 9.76. The normalized spacial score (nSPS) is 24.0. The van der Waals surface area contributed by atoms with Crippen molar-refractivity contribution in [3.05, 3.63) is 58.7 Å². The molecule has 0 amide bonds. The molecule has 3 saturated heterocycles. The predicted octanol–water partition coefficient (Wildman–Crippen LogP) is 5.39. The fraction of sp³-hybridized carbons (Fsp3) is 0.529. The molecular weight excluding hydrogens is 511 g/mol. The third kappa shape index (κ3) is 5.28. The van der Waals surface area contributed by atoms with E-state index < -0.39 is 0 Å². The Kier molecular flexibility index (Phi) is 7.52. The molecular formula is C34H43FN6. The van der Waals surface area contributed by atoms with Gasteiger partial charge in [0.15, 0.2) is 5.82 Å². The van der Waals surface area contributed by atoms with Crippen LogP contribution in [0, 0.1) is 12.7 Å². The highest BCUT2D eigenvalue weighted by atomic mass is 19.1. The number of benzene rings is 2. The van der Waals surface area contributed by atoms with Crippen LogP contribution in [-0.2, 0) is 12.8 Å². The molecule has 4 heterocycles. The molecule has 2 bridgehead atoms. The molecule has 4 aliphatic rings. The van der Waals surface area contributed by atoms with Crippen molar-refractivity contribution in [3.8, 4) is 11.1 Å². The Balaban J connectivity index is 1.29. The summed E-state index contributed by atoms with van der Waals surface area (Å²) >= 11 is 0. The van der Waals surface area contributed by atoms with Gasteiger partial charge in [0.05, 0.1) is 0 Å². The van der Waals surface area contributed by atoms with Crippen molar-refractivity contribution in [3.63, 3.8) is 0 Å². The molecule has 0 saturated carbocycles. The Morgan fingerprint density at radius 1 is 1.07 bits per heavy atom. The monoisotopic (exact) mass is 554 g/mol. The van der Waals surface area contributed by atoms with Crippen LogP contribution in [0.5, 0.6) is 0 Å². The molecule has 2 unspecified atom stereocenters. The van der Waals surface area contributed by atoms with Gasteiger partial charge >= 0.3 is 0 Å². The van der Waals surface area contributed by atoms with Crippen molar-refractivity contribution >= 4 is 22.8 Å². The number of nitrogens with zero attached hydrogens (tertiary/aromatic N) is 4. The summed E-state index contributed by atoms with van der Waals surface area (Å²) in [7, 11) is 0. The molecule has 3 aromatic rings. The van der Waals surface area contributed by atoms with Crippen LogP contribution in [0.25, 0.3) is 28.1 Å². The molecule has 1 aliphatic carbocycles. The van der Waals surface area contributed by atoms with Gasteiger partial charge in [-0.25, -0.2) is 14.4 Å². The number of halogens is 1. The molecule has 7 heteroatoms. The first kappa shape index (κ1) is 27.0. The van der Waals surface area contributed by atoms with Crippen molar-refractivity contribution in [2.45, 2.75) is 82.8 Å². The summed E-state index contributed by atoms with van der Waals surface area (Å²) in [6.45, 7) is 6.87. The smallest absolute Gasteiger partial charge is 0.157 e. The molecule has 0 spiro atoms. The van der Waals surface area contributed by atoms with E-state index in [1.54, 1.807) is 0 Å². The number of likely N-dealkylation sites (tertiary alicyclic amines) is 1. The SMILES string of the molecule is Cc1cc2c(c(-c3ccc4c(N5CC6CCC(C5)N6)nc(CC[C@@H]5CCCN5CCCN)nc4c3F)c1)C=CCC2. The number of rotatable bonds is 8. The largest absolute Gasteiger partial charge is 0.353 e. The molecule has 0 radical (unpaired) electrons. The molecule has 3 fully saturated rings. The molecule has 41 heavy (non-hydrogen) atoms. The fourth-order valence-corrected chi connectivity index (χ4v) is 7.77. The van der Waals surface area contributed by atoms with E-state index in [0.29, 0.717) is 29.2 Å². The Morgan fingerprint density at radius 2 is 1.93 bits per heavy atom. The van der Waals surface area contributed by atoms with Crippen LogP contribution in [0.1, 0.15) is 67.5 Å². The number of hydrogen-bond donors (Lipinski definition) is 2. The van der Waals surface area contributed by atoms with E-state index >= 15 is 4.39 Å². The summed E-state index contributed by atoms with van der Waals surface area (Å²) in [5, 5.41) is 4.56. The van der Waals surface area contributed by atoms with Crippen molar-refractivity contribution < 1.29 is 4.39 Å². The molecule has 3 N–H and O–H groups in total. The number of fused-ring (bicyclic) bond motifs is 4. The fourth-order valence-electron chi connectivity index (χ4n) is 7.77. The van der Waals surface area contributed by atoms with E-state index in [1.165, 1.54) is 36.8 Å². The summed E-state index contributed by atoms with van der Waals surface area (Å²) in [4.78, 5) is 15.1. The van der Waals surface area contributed by atoms with Gasteiger partial charge in [0.1, 0.15) is 17.2 Å². The van der Waals surface area contributed by atoms with Crippen LogP contribution in [0.2, 0.25) is 0 Å². The highest BCUT2D eigenvalue weighted by Gasteiger charge is 2.34. The summed E-state index contributed by atoms with van der Waals surface area (Å²) in [6, 6.07) is 9.90. The summed E-state index contributed by atoms with van der Waals surface area (Å²) in [6.07, 6.45) is 14.0. The second kappa shape index (κ2) is 11.4. The Morgan fingerprint density at radius 3 is 2.76 bits per heavy atom. The van der Waals surface area contributed by atoms with Gasteiger partial charge in [-0.3, -0.25) is 0 Å². The second-order valence-corrected chi connectivity index (χ2v) is 12.7. The lowest BCUT2D eigenvalue weighted by Gasteiger charge is -2.34. The van der Waals surface area contributed by atoms with Gasteiger partial charge in [0.2, 0.25) is 0 Å². The number of nitrogens with one attached hydrogen (secondary N) is 1. The number of allylic oxidation sites excluding steroid dienone is 1. The van der Waals surface area contributed by atoms with Gasteiger partial charge < -0.3 is 20.9 Å². The highest BCUT2D eigenvalue weighted by Crippen LogP contribution is 2.38. The van der Waals surface area contributed by atoms with Gasteiger partial charge in [-0.05, 0) is 101 Å². The molecule has 1 aromatic heterocycles. The van der Waals surface area contributed by atoms with Gasteiger partial charge in [0, 0.05) is 48.6 Å². The van der Waals surface area contributed by atoms with Crippen LogP contribution in [0.4, 0.5) is 10.2 Å². The first-order chi connectivity index (χ1) is 20.1. The maximum absolute atomic E-state index is 16.7. The second-order valence-electron chi connectivity index (χ2n) is 12.7. The Hall–Kier alpha value is -2.87. The minimum absolute atomic E-state index is 0.220. The van der Waals surface area contributed by atoms with Gasteiger partial charge in [-0.15, -0.1) is 0 Å². The number of hydrogen-bond acceptors (Lipinski definition) is 6. The van der Waals surface area contributed by atoms with Crippen molar-refractivity contribution in [1.29, 1.82) is 0 Å². The maximum Gasteiger partial charge on any atom is 0.157 e. The Bertz CT molecular complexity index is 1460. The molecule has 3 aliphatic heterocycles. The minimum atomic E-state index is -0.220. The molecule has 7 rings (SSSR count). The zero-order valence-corrected chi connectivity index (χ0v) is 24.3. The van der Waals surface area contributed by atoms with Gasteiger partial charge in [-0.1, -0.05) is 35.9 Å². The topological polar surface area (TPSA) is 70.3 Å². The van der Waals surface area contributed by atoms with E-state index in [2.05, 4.69) is 52.4 Å². The standard InChI is InChI=1S/C34H43FN6/c1-22-18-23-6-2-3-8-27(23)30(19-22)28-12-13-29-33(32(28)35)38-31(14-11-26-7-4-16-40(26)17-5-15-36)39-34(29)41-20-24-9-10-25(21-41)37-24/h3,8,12-13,18-19,24-26,37H,2,4-7,9-11,14-17,20-21,36H2,1H3/t24?,25?,26-/m0/s1. The molecule has 2 aromatic carbocycles. The Labute approximate surface area is 243 Å². The van der Waals surface area contributed by atoms with Crippen molar-refractivity contribution in [2.75, 3.05) is 37.6 Å². The zero-order chi connectivity index (χ0) is 27.9. The van der Waals surface area contributed by atoms with Crippen LogP contribution in [0.15, 0.2) is 30.3 Å². The van der Waals surface area contributed by atoms with Gasteiger partial charge in [-0.2, -0.15) is 0 Å². The summed E-state index contributed by atoms with van der Waals surface area (Å²) < 4.78 is 16.7. The number of anilines is 1. The average Bonchev–Trinajstić information content (AvgIpc) is 3.58. The van der Waals surface area contributed by atoms with Crippen LogP contribution >= 0.6 is 0 Å². The first-order valence-corrected chi connectivity index (χ1v) is 15.8. The average molecular weight is 555 g/mol. The number of aryl methyl sites for hydroxylation is 3. The van der Waals surface area contributed by atoms with Gasteiger partial charge in [0.25, 0.3) is 0 Å².